The largest absolute Gasteiger partial charge is 0.481 e. The number of carbonyl (C=O) groups is 1. The zero-order chi connectivity index (χ0) is 18.8. The van der Waals surface area contributed by atoms with Crippen molar-refractivity contribution in [2.75, 3.05) is 5.32 Å². The summed E-state index contributed by atoms with van der Waals surface area (Å²) in [6.07, 6.45) is 3.09. The van der Waals surface area contributed by atoms with Gasteiger partial charge in [0.1, 0.15) is 16.5 Å². The Morgan fingerprint density at radius 2 is 1.93 bits per heavy atom. The number of fused-ring (bicyclic) bond motifs is 1. The smallest absolute Gasteiger partial charge is 0.306 e. The van der Waals surface area contributed by atoms with Gasteiger partial charge in [-0.25, -0.2) is 9.97 Å². The quantitative estimate of drug-likeness (QED) is 0.652. The predicted octanol–water partition coefficient (Wildman–Crippen LogP) is 4.97. The predicted molar refractivity (Wildman–Crippen MR) is 108 cm³/mol. The molecule has 0 bridgehead atoms. The molecule has 0 aliphatic heterocycles. The molecule has 0 unspecified atom stereocenters. The summed E-state index contributed by atoms with van der Waals surface area (Å²) < 4.78 is 0. The first-order valence-electron chi connectivity index (χ1n) is 9.39. The number of hydrogen-bond acceptors (Lipinski definition) is 5. The second kappa shape index (κ2) is 7.64. The van der Waals surface area contributed by atoms with Crippen molar-refractivity contribution in [3.63, 3.8) is 0 Å². The average molecular weight is 382 g/mol. The first kappa shape index (κ1) is 17.9. The van der Waals surface area contributed by atoms with Crippen LogP contribution in [0.5, 0.6) is 0 Å². The Bertz CT molecular complexity index is 947. The van der Waals surface area contributed by atoms with Crippen molar-refractivity contribution in [3.8, 4) is 0 Å². The van der Waals surface area contributed by atoms with Crippen LogP contribution < -0.4 is 5.32 Å². The number of nitrogens with zero attached hydrogens (tertiary/aromatic N) is 2. The lowest BCUT2D eigenvalue weighted by atomic mass is 9.81. The Balaban J connectivity index is 1.59. The van der Waals surface area contributed by atoms with Gasteiger partial charge in [0.15, 0.2) is 0 Å². The fourth-order valence-electron chi connectivity index (χ4n) is 3.76. The number of aromatic nitrogens is 2. The Labute approximate surface area is 162 Å². The van der Waals surface area contributed by atoms with Crippen molar-refractivity contribution < 1.29 is 9.90 Å². The maximum absolute atomic E-state index is 11.2. The van der Waals surface area contributed by atoms with Gasteiger partial charge in [0.25, 0.3) is 0 Å². The van der Waals surface area contributed by atoms with Crippen LogP contribution in [-0.2, 0) is 11.3 Å². The number of carboxylic acids is 1. The van der Waals surface area contributed by atoms with Crippen molar-refractivity contribution >= 4 is 33.3 Å². The molecule has 0 amide bonds. The van der Waals surface area contributed by atoms with Gasteiger partial charge < -0.3 is 10.4 Å². The molecule has 1 aliphatic carbocycles. The van der Waals surface area contributed by atoms with E-state index in [2.05, 4.69) is 30.4 Å². The summed E-state index contributed by atoms with van der Waals surface area (Å²) in [6.45, 7) is 2.80. The second-order valence-corrected chi connectivity index (χ2v) is 8.47. The normalized spacial score (nSPS) is 19.9. The molecule has 0 radical (unpaired) electrons. The van der Waals surface area contributed by atoms with Crippen LogP contribution in [0.1, 0.15) is 47.9 Å². The molecule has 2 N–H and O–H groups in total. The van der Waals surface area contributed by atoms with Crippen LogP contribution >= 0.6 is 11.3 Å². The third-order valence-corrected chi connectivity index (χ3v) is 6.22. The number of thiophene rings is 1. The van der Waals surface area contributed by atoms with Gasteiger partial charge in [0, 0.05) is 17.3 Å². The van der Waals surface area contributed by atoms with E-state index in [4.69, 9.17) is 9.97 Å². The molecule has 1 aromatic carbocycles. The van der Waals surface area contributed by atoms with E-state index in [-0.39, 0.29) is 11.8 Å². The zero-order valence-corrected chi connectivity index (χ0v) is 16.1. The van der Waals surface area contributed by atoms with E-state index in [1.165, 1.54) is 10.4 Å². The number of benzene rings is 1. The number of aliphatic carboxylic acids is 1. The van der Waals surface area contributed by atoms with Gasteiger partial charge >= 0.3 is 5.97 Å². The topological polar surface area (TPSA) is 75.1 Å². The SMILES string of the molecule is Cc1cc2c(NCc3ccccc3)nc(C3CCC(C(=O)O)CC3)nc2s1. The van der Waals surface area contributed by atoms with Gasteiger partial charge in [-0.15, -0.1) is 11.3 Å². The van der Waals surface area contributed by atoms with Crippen LogP contribution in [0.25, 0.3) is 10.2 Å². The molecule has 4 rings (SSSR count). The van der Waals surface area contributed by atoms with Gasteiger partial charge in [0.2, 0.25) is 0 Å². The molecule has 0 spiro atoms. The maximum Gasteiger partial charge on any atom is 0.306 e. The van der Waals surface area contributed by atoms with Crippen LogP contribution in [0.4, 0.5) is 5.82 Å². The van der Waals surface area contributed by atoms with Crippen molar-refractivity contribution in [1.82, 2.24) is 9.97 Å². The Kier molecular flexibility index (Phi) is 5.07. The second-order valence-electron chi connectivity index (χ2n) is 7.23. The molecule has 1 fully saturated rings. The lowest BCUT2D eigenvalue weighted by Crippen LogP contribution is -2.21. The lowest BCUT2D eigenvalue weighted by molar-refractivity contribution is -0.142. The minimum absolute atomic E-state index is 0.218. The summed E-state index contributed by atoms with van der Waals surface area (Å²) in [6, 6.07) is 12.4. The van der Waals surface area contributed by atoms with Gasteiger partial charge in [0.05, 0.1) is 11.3 Å². The molecule has 27 heavy (non-hydrogen) atoms. The molecule has 3 aromatic rings. The highest BCUT2D eigenvalue weighted by Gasteiger charge is 2.29. The van der Waals surface area contributed by atoms with Crippen molar-refractivity contribution in [2.24, 2.45) is 5.92 Å². The third-order valence-electron chi connectivity index (χ3n) is 5.28. The fraction of sp³-hybridized carbons (Fsp3) is 0.381. The van der Waals surface area contributed by atoms with Crippen LogP contribution in [0.15, 0.2) is 36.4 Å². The molecule has 140 valence electrons. The fourth-order valence-corrected chi connectivity index (χ4v) is 4.64. The summed E-state index contributed by atoms with van der Waals surface area (Å²) in [5.41, 5.74) is 1.21. The molecular weight excluding hydrogens is 358 g/mol. The average Bonchev–Trinajstić information content (AvgIpc) is 3.07. The van der Waals surface area contributed by atoms with E-state index >= 15 is 0 Å². The number of anilines is 1. The molecule has 5 nitrogen and oxygen atoms in total. The van der Waals surface area contributed by atoms with Gasteiger partial charge in [-0.2, -0.15) is 0 Å². The molecular formula is C21H23N3O2S. The lowest BCUT2D eigenvalue weighted by Gasteiger charge is -2.25. The van der Waals surface area contributed by atoms with E-state index in [1.54, 1.807) is 11.3 Å². The number of aryl methyl sites for hydroxylation is 1. The first-order valence-corrected chi connectivity index (χ1v) is 10.2. The van der Waals surface area contributed by atoms with Crippen molar-refractivity contribution in [1.29, 1.82) is 0 Å². The zero-order valence-electron chi connectivity index (χ0n) is 15.3. The van der Waals surface area contributed by atoms with E-state index in [9.17, 15) is 9.90 Å². The molecule has 6 heteroatoms. The molecule has 2 heterocycles. The summed E-state index contributed by atoms with van der Waals surface area (Å²) in [4.78, 5) is 23.1. The Hall–Kier alpha value is -2.47. The van der Waals surface area contributed by atoms with Crippen molar-refractivity contribution in [2.45, 2.75) is 45.1 Å². The summed E-state index contributed by atoms with van der Waals surface area (Å²) in [7, 11) is 0. The molecule has 0 saturated heterocycles. The molecule has 0 atom stereocenters. The number of hydrogen-bond donors (Lipinski definition) is 2. The molecule has 1 saturated carbocycles. The monoisotopic (exact) mass is 381 g/mol. The number of nitrogens with one attached hydrogen (secondary N) is 1. The molecule has 1 aliphatic rings. The maximum atomic E-state index is 11.2. The van der Waals surface area contributed by atoms with E-state index in [1.807, 2.05) is 18.2 Å². The summed E-state index contributed by atoms with van der Waals surface area (Å²) >= 11 is 1.69. The number of rotatable bonds is 5. The highest BCUT2D eigenvalue weighted by Crippen LogP contribution is 2.37. The molecule has 2 aromatic heterocycles. The highest BCUT2D eigenvalue weighted by molar-refractivity contribution is 7.18. The van der Waals surface area contributed by atoms with Gasteiger partial charge in [-0.1, -0.05) is 30.3 Å². The van der Waals surface area contributed by atoms with Gasteiger partial charge in [-0.3, -0.25) is 4.79 Å². The van der Waals surface area contributed by atoms with Crippen LogP contribution in [0.2, 0.25) is 0 Å². The first-order chi connectivity index (χ1) is 13.1. The van der Waals surface area contributed by atoms with E-state index in [0.29, 0.717) is 19.4 Å². The Morgan fingerprint density at radius 1 is 1.19 bits per heavy atom. The minimum atomic E-state index is -0.677. The van der Waals surface area contributed by atoms with Crippen LogP contribution in [0.3, 0.4) is 0 Å². The van der Waals surface area contributed by atoms with Gasteiger partial charge in [-0.05, 0) is 44.2 Å². The van der Waals surface area contributed by atoms with E-state index in [0.717, 1.165) is 34.7 Å². The van der Waals surface area contributed by atoms with E-state index < -0.39 is 5.97 Å². The highest BCUT2D eigenvalue weighted by atomic mass is 32.1. The number of carboxylic acid groups (broad SMARTS) is 1. The van der Waals surface area contributed by atoms with Crippen LogP contribution in [0, 0.1) is 12.8 Å². The van der Waals surface area contributed by atoms with Crippen LogP contribution in [-0.4, -0.2) is 21.0 Å². The Morgan fingerprint density at radius 3 is 2.63 bits per heavy atom. The third kappa shape index (κ3) is 3.95. The van der Waals surface area contributed by atoms with Crippen molar-refractivity contribution in [3.05, 3.63) is 52.7 Å². The minimum Gasteiger partial charge on any atom is -0.481 e. The standard InChI is InChI=1S/C21H23N3O2S/c1-13-11-17-19(22-12-14-5-3-2-4-6-14)23-18(24-20(17)27-13)15-7-9-16(10-8-15)21(25)26/h2-6,11,15-16H,7-10,12H2,1H3,(H,25,26)(H,22,23,24). The summed E-state index contributed by atoms with van der Waals surface area (Å²) in [5.74, 6) is 1.07. The summed E-state index contributed by atoms with van der Waals surface area (Å²) in [5, 5.41) is 13.8.